The quantitative estimate of drug-likeness (QED) is 0.186. The molecule has 0 fully saturated rings. The Bertz CT molecular complexity index is 1770. The van der Waals surface area contributed by atoms with E-state index in [1.54, 1.807) is 0 Å². The molecule has 0 spiro atoms. The topological polar surface area (TPSA) is 100 Å². The molecular weight excluding hydrogens is 528 g/mol. The first-order chi connectivity index (χ1) is 20.2. The van der Waals surface area contributed by atoms with Crippen molar-refractivity contribution >= 4 is 38.5 Å². The molecule has 0 aliphatic heterocycles. The molecule has 5 aromatic rings. The number of rotatable bonds is 11. The van der Waals surface area contributed by atoms with Crippen LogP contribution >= 0.6 is 0 Å². The van der Waals surface area contributed by atoms with Gasteiger partial charge in [0.25, 0.3) is 5.91 Å². The van der Waals surface area contributed by atoms with Crippen LogP contribution in [0.5, 0.6) is 11.6 Å². The number of hydrogen-bond acceptors (Lipinski definition) is 5. The van der Waals surface area contributed by atoms with E-state index >= 15 is 0 Å². The molecule has 2 aromatic carbocycles. The van der Waals surface area contributed by atoms with Gasteiger partial charge in [-0.2, -0.15) is 5.10 Å². The molecule has 0 unspecified atom stereocenters. The molecule has 0 saturated heterocycles. The van der Waals surface area contributed by atoms with Crippen molar-refractivity contribution < 1.29 is 14.6 Å². The molecule has 0 atom stereocenters. The van der Waals surface area contributed by atoms with Gasteiger partial charge in [-0.3, -0.25) is 9.48 Å². The van der Waals surface area contributed by atoms with Gasteiger partial charge in [-0.05, 0) is 76.0 Å². The lowest BCUT2D eigenvalue weighted by Gasteiger charge is -2.21. The predicted octanol–water partition coefficient (Wildman–Crippen LogP) is 5.36. The maximum atomic E-state index is 12.5. The first kappa shape index (κ1) is 28.2. The van der Waals surface area contributed by atoms with Crippen LogP contribution < -0.4 is 10.1 Å². The molecule has 0 radical (unpaired) electrons. The molecular formula is C33H42N6O3. The minimum absolute atomic E-state index is 0.0205. The Kier molecular flexibility index (Phi) is 7.62. The number of fused-ring (bicyclic) bond motifs is 10. The number of carbonyl (C=O) groups is 1. The number of amides is 1. The molecule has 3 heterocycles. The van der Waals surface area contributed by atoms with Gasteiger partial charge in [-0.15, -0.1) is 0 Å². The van der Waals surface area contributed by atoms with Crippen molar-refractivity contribution in [2.24, 2.45) is 13.0 Å². The van der Waals surface area contributed by atoms with Crippen LogP contribution in [0.2, 0.25) is 0 Å². The Labute approximate surface area is 246 Å². The van der Waals surface area contributed by atoms with Crippen molar-refractivity contribution in [3.05, 3.63) is 41.9 Å². The fourth-order valence-electron chi connectivity index (χ4n) is 6.57. The Morgan fingerprint density at radius 3 is 2.79 bits per heavy atom. The van der Waals surface area contributed by atoms with E-state index in [1.165, 1.54) is 11.1 Å². The third-order valence-corrected chi connectivity index (χ3v) is 8.31. The van der Waals surface area contributed by atoms with Crippen molar-refractivity contribution in [2.75, 3.05) is 33.8 Å². The van der Waals surface area contributed by atoms with E-state index < -0.39 is 0 Å². The average Bonchev–Trinajstić information content (AvgIpc) is 3.61. The number of aryl methyl sites for hydroxylation is 3. The van der Waals surface area contributed by atoms with E-state index in [0.29, 0.717) is 18.2 Å². The number of nitrogens with one attached hydrogen (secondary N) is 2. The number of aromatic nitrogens is 4. The number of aromatic hydroxyl groups is 1. The molecule has 3 N–H and O–H groups in total. The van der Waals surface area contributed by atoms with Gasteiger partial charge >= 0.3 is 0 Å². The second-order valence-electron chi connectivity index (χ2n) is 12.4. The van der Waals surface area contributed by atoms with E-state index in [1.807, 2.05) is 24.0 Å². The maximum absolute atomic E-state index is 12.5. The fourth-order valence-corrected chi connectivity index (χ4v) is 6.57. The van der Waals surface area contributed by atoms with Crippen molar-refractivity contribution in [3.8, 4) is 22.8 Å². The average molecular weight is 571 g/mol. The number of ether oxygens (including phenoxy) is 1. The second kappa shape index (κ2) is 11.4. The maximum Gasteiger partial charge on any atom is 0.257 e. The van der Waals surface area contributed by atoms with E-state index in [2.05, 4.69) is 66.0 Å². The predicted molar refractivity (Wildman–Crippen MR) is 168 cm³/mol. The highest BCUT2D eigenvalue weighted by atomic mass is 16.5. The smallest absolute Gasteiger partial charge is 0.257 e. The molecule has 3 aromatic heterocycles. The Balaban J connectivity index is 1.37. The summed E-state index contributed by atoms with van der Waals surface area (Å²) in [6.07, 6.45) is 8.87. The summed E-state index contributed by atoms with van der Waals surface area (Å²) >= 11 is 0. The van der Waals surface area contributed by atoms with E-state index in [4.69, 9.17) is 9.84 Å². The Hall–Kier alpha value is -3.98. The fraction of sp³-hybridized carbons (Fsp3) is 0.455. The van der Waals surface area contributed by atoms with Crippen LogP contribution in [0.4, 0.5) is 0 Å². The summed E-state index contributed by atoms with van der Waals surface area (Å²) in [6, 6.07) is 6.13. The monoisotopic (exact) mass is 570 g/mol. The zero-order valence-corrected chi connectivity index (χ0v) is 25.4. The van der Waals surface area contributed by atoms with Gasteiger partial charge < -0.3 is 29.6 Å². The molecule has 6 rings (SSSR count). The van der Waals surface area contributed by atoms with Gasteiger partial charge in [0.05, 0.1) is 16.6 Å². The van der Waals surface area contributed by atoms with Crippen LogP contribution in [0, 0.1) is 5.92 Å². The first-order valence-electron chi connectivity index (χ1n) is 15.1. The van der Waals surface area contributed by atoms with Crippen LogP contribution in [-0.2, 0) is 31.2 Å². The number of aromatic amines is 1. The zero-order valence-electron chi connectivity index (χ0n) is 25.4. The summed E-state index contributed by atoms with van der Waals surface area (Å²) in [7, 11) is 6.11. The summed E-state index contributed by atoms with van der Waals surface area (Å²) in [4.78, 5) is 17.8. The summed E-state index contributed by atoms with van der Waals surface area (Å²) in [6.45, 7) is 7.05. The highest BCUT2D eigenvalue weighted by Crippen LogP contribution is 2.49. The molecule has 1 aliphatic carbocycles. The van der Waals surface area contributed by atoms with Gasteiger partial charge in [0.15, 0.2) is 12.5 Å². The van der Waals surface area contributed by atoms with Crippen molar-refractivity contribution in [3.63, 3.8) is 0 Å². The summed E-state index contributed by atoms with van der Waals surface area (Å²) in [5.74, 6) is 1.17. The standard InChI is InChI=1S/C33H42N6O3/c1-20(2)17-39-27-12-9-21(42-19-28(40)34-13-7-6-8-14-37(3)4)15-23(27)30-24-16-35-33(41)31(24)29-22(32(30)39)10-11-26-25(29)18-38(5)36-26/h9,12,15-16,18,20,35,41H,6-8,10-11,13-14,17,19H2,1-5H3,(H,34,40). The molecule has 42 heavy (non-hydrogen) atoms. The molecule has 9 heteroatoms. The third kappa shape index (κ3) is 5.11. The molecule has 9 nitrogen and oxygen atoms in total. The highest BCUT2D eigenvalue weighted by Gasteiger charge is 2.30. The van der Waals surface area contributed by atoms with Crippen LogP contribution in [0.3, 0.4) is 0 Å². The molecule has 222 valence electrons. The number of benzene rings is 2. The lowest BCUT2D eigenvalue weighted by atomic mass is 9.85. The van der Waals surface area contributed by atoms with E-state index in [9.17, 15) is 9.90 Å². The minimum atomic E-state index is -0.107. The van der Waals surface area contributed by atoms with Gasteiger partial charge in [0, 0.05) is 65.3 Å². The van der Waals surface area contributed by atoms with Gasteiger partial charge in [-0.1, -0.05) is 20.3 Å². The van der Waals surface area contributed by atoms with Crippen LogP contribution in [0.25, 0.3) is 43.7 Å². The molecule has 1 aliphatic rings. The zero-order chi connectivity index (χ0) is 29.5. The van der Waals surface area contributed by atoms with Gasteiger partial charge in [0.2, 0.25) is 0 Å². The van der Waals surface area contributed by atoms with Crippen LogP contribution in [0.15, 0.2) is 30.6 Å². The van der Waals surface area contributed by atoms with E-state index in [-0.39, 0.29) is 18.4 Å². The number of H-pyrrole nitrogens is 1. The van der Waals surface area contributed by atoms with Gasteiger partial charge in [0.1, 0.15) is 5.75 Å². The normalized spacial score (nSPS) is 13.0. The molecule has 0 bridgehead atoms. The Morgan fingerprint density at radius 2 is 2.00 bits per heavy atom. The first-order valence-corrected chi connectivity index (χ1v) is 15.1. The van der Waals surface area contributed by atoms with Crippen LogP contribution in [-0.4, -0.2) is 69.0 Å². The Morgan fingerprint density at radius 1 is 1.17 bits per heavy atom. The number of nitrogens with zero attached hydrogens (tertiary/aromatic N) is 4. The minimum Gasteiger partial charge on any atom is -0.494 e. The molecule has 0 saturated carbocycles. The van der Waals surface area contributed by atoms with Crippen molar-refractivity contribution in [1.29, 1.82) is 0 Å². The summed E-state index contributed by atoms with van der Waals surface area (Å²) < 4.78 is 10.3. The lowest BCUT2D eigenvalue weighted by Crippen LogP contribution is -2.29. The summed E-state index contributed by atoms with van der Waals surface area (Å²) in [5, 5.41) is 22.8. The highest BCUT2D eigenvalue weighted by molar-refractivity contribution is 6.26. The number of hydrogen-bond donors (Lipinski definition) is 3. The largest absolute Gasteiger partial charge is 0.494 e. The van der Waals surface area contributed by atoms with Gasteiger partial charge in [-0.25, -0.2) is 0 Å². The van der Waals surface area contributed by atoms with Crippen molar-refractivity contribution in [1.82, 2.24) is 29.5 Å². The number of carbonyl (C=O) groups excluding carboxylic acids is 1. The summed E-state index contributed by atoms with van der Waals surface area (Å²) in [5.41, 5.74) is 6.82. The SMILES string of the molecule is CC(C)Cn1c2ccc(OCC(=O)NCCCCCN(C)C)cc2c2c3c[nH]c(O)c3c3c(c21)CCc1nn(C)cc1-3. The van der Waals surface area contributed by atoms with Crippen molar-refractivity contribution in [2.45, 2.75) is 52.5 Å². The van der Waals surface area contributed by atoms with E-state index in [0.717, 1.165) is 89.1 Å². The lowest BCUT2D eigenvalue weighted by molar-refractivity contribution is -0.123. The third-order valence-electron chi connectivity index (χ3n) is 8.31. The van der Waals surface area contributed by atoms with Crippen LogP contribution in [0.1, 0.15) is 44.4 Å². The molecule has 1 amide bonds. The number of unbranched alkanes of at least 4 members (excludes halogenated alkanes) is 2. The second-order valence-corrected chi connectivity index (χ2v) is 12.4.